The number of hydrogen-bond acceptors (Lipinski definition) is 1. The molecule has 1 N–H and O–H groups in total. The van der Waals surface area contributed by atoms with Crippen molar-refractivity contribution >= 4 is 29.2 Å². The van der Waals surface area contributed by atoms with Crippen molar-refractivity contribution in [2.24, 2.45) is 5.41 Å². The molecule has 0 heterocycles. The molecule has 0 amide bonds. The Hall–Kier alpha value is -0.730. The maximum absolute atomic E-state index is 11.0. The Bertz CT molecular complexity index is 391. The molecule has 80 valence electrons. The number of carbonyl (C=O) groups is 1. The molecule has 1 aliphatic carbocycles. The summed E-state index contributed by atoms with van der Waals surface area (Å²) in [6, 6.07) is 5.23. The van der Waals surface area contributed by atoms with Crippen LogP contribution in [0.15, 0.2) is 18.2 Å². The zero-order valence-electron chi connectivity index (χ0n) is 7.96. The van der Waals surface area contributed by atoms with Gasteiger partial charge in [-0.2, -0.15) is 0 Å². The van der Waals surface area contributed by atoms with Crippen molar-refractivity contribution in [1.29, 1.82) is 0 Å². The molecule has 1 aliphatic rings. The largest absolute Gasteiger partial charge is 0.481 e. The first-order valence-corrected chi connectivity index (χ1v) is 5.47. The van der Waals surface area contributed by atoms with Crippen LogP contribution < -0.4 is 0 Å². The SMILES string of the molecule is O=C(O)C1(Cc2c(Cl)cccc2Cl)CC1. The highest BCUT2D eigenvalue weighted by atomic mass is 35.5. The van der Waals surface area contributed by atoms with Crippen LogP contribution in [0.3, 0.4) is 0 Å². The van der Waals surface area contributed by atoms with Crippen molar-refractivity contribution in [3.05, 3.63) is 33.8 Å². The van der Waals surface area contributed by atoms with E-state index in [1.165, 1.54) is 0 Å². The van der Waals surface area contributed by atoms with E-state index in [-0.39, 0.29) is 0 Å². The topological polar surface area (TPSA) is 37.3 Å². The predicted molar refractivity (Wildman–Crippen MR) is 59.5 cm³/mol. The van der Waals surface area contributed by atoms with Crippen LogP contribution in [0.2, 0.25) is 10.0 Å². The predicted octanol–water partition coefficient (Wildman–Crippen LogP) is 3.40. The second kappa shape index (κ2) is 3.69. The summed E-state index contributed by atoms with van der Waals surface area (Å²) in [7, 11) is 0. The van der Waals surface area contributed by atoms with Crippen LogP contribution in [-0.2, 0) is 11.2 Å². The van der Waals surface area contributed by atoms with E-state index in [9.17, 15) is 4.79 Å². The Kier molecular flexibility index (Phi) is 2.65. The van der Waals surface area contributed by atoms with Crippen LogP contribution in [0.25, 0.3) is 0 Å². The van der Waals surface area contributed by atoms with Crippen molar-refractivity contribution in [2.75, 3.05) is 0 Å². The third-order valence-corrected chi connectivity index (χ3v) is 3.59. The van der Waals surface area contributed by atoms with Gasteiger partial charge in [0.1, 0.15) is 0 Å². The van der Waals surface area contributed by atoms with Gasteiger partial charge >= 0.3 is 5.97 Å². The van der Waals surface area contributed by atoms with Crippen molar-refractivity contribution in [2.45, 2.75) is 19.3 Å². The highest BCUT2D eigenvalue weighted by Crippen LogP contribution is 2.50. The lowest BCUT2D eigenvalue weighted by molar-refractivity contribution is -0.143. The van der Waals surface area contributed by atoms with Crippen LogP contribution in [0, 0.1) is 5.41 Å². The summed E-state index contributed by atoms with van der Waals surface area (Å²) in [4.78, 5) is 11.0. The number of benzene rings is 1. The molecule has 0 bridgehead atoms. The van der Waals surface area contributed by atoms with Gasteiger partial charge in [0.15, 0.2) is 0 Å². The minimum Gasteiger partial charge on any atom is -0.481 e. The highest BCUT2D eigenvalue weighted by Gasteiger charge is 2.50. The number of hydrogen-bond donors (Lipinski definition) is 1. The number of rotatable bonds is 3. The van der Waals surface area contributed by atoms with Gasteiger partial charge in [0, 0.05) is 10.0 Å². The van der Waals surface area contributed by atoms with E-state index >= 15 is 0 Å². The third-order valence-electron chi connectivity index (χ3n) is 2.88. The van der Waals surface area contributed by atoms with E-state index < -0.39 is 11.4 Å². The minimum atomic E-state index is -0.751. The Balaban J connectivity index is 2.29. The van der Waals surface area contributed by atoms with E-state index in [0.29, 0.717) is 29.3 Å². The Morgan fingerprint density at radius 2 is 1.87 bits per heavy atom. The van der Waals surface area contributed by atoms with Crippen molar-refractivity contribution in [3.8, 4) is 0 Å². The van der Waals surface area contributed by atoms with E-state index in [1.54, 1.807) is 18.2 Å². The zero-order valence-corrected chi connectivity index (χ0v) is 9.48. The lowest BCUT2D eigenvalue weighted by Crippen LogP contribution is -2.17. The Morgan fingerprint density at radius 1 is 1.33 bits per heavy atom. The molecule has 0 unspecified atom stereocenters. The second-order valence-corrected chi connectivity index (χ2v) is 4.78. The summed E-state index contributed by atoms with van der Waals surface area (Å²) >= 11 is 12.0. The molecule has 0 aliphatic heterocycles. The summed E-state index contributed by atoms with van der Waals surface area (Å²) in [5.41, 5.74) is 0.134. The van der Waals surface area contributed by atoms with E-state index in [2.05, 4.69) is 0 Å². The number of halogens is 2. The first-order valence-electron chi connectivity index (χ1n) is 4.71. The van der Waals surface area contributed by atoms with Gasteiger partial charge in [-0.05, 0) is 37.0 Å². The van der Waals surface area contributed by atoms with Gasteiger partial charge in [-0.3, -0.25) is 4.79 Å². The molecule has 0 spiro atoms. The number of carboxylic acid groups (broad SMARTS) is 1. The summed E-state index contributed by atoms with van der Waals surface area (Å²) in [6.07, 6.45) is 1.86. The normalized spacial score (nSPS) is 17.5. The van der Waals surface area contributed by atoms with Crippen LogP contribution in [0.1, 0.15) is 18.4 Å². The molecule has 1 fully saturated rings. The van der Waals surface area contributed by atoms with Gasteiger partial charge in [-0.15, -0.1) is 0 Å². The van der Waals surface area contributed by atoms with Crippen molar-refractivity contribution in [3.63, 3.8) is 0 Å². The molecule has 0 atom stereocenters. The van der Waals surface area contributed by atoms with Gasteiger partial charge in [0.2, 0.25) is 0 Å². The molecule has 1 aromatic rings. The van der Waals surface area contributed by atoms with Crippen LogP contribution in [0.4, 0.5) is 0 Å². The summed E-state index contributed by atoms with van der Waals surface area (Å²) < 4.78 is 0. The first-order chi connectivity index (χ1) is 7.05. The Labute approximate surface area is 97.8 Å². The van der Waals surface area contributed by atoms with E-state index in [1.807, 2.05) is 0 Å². The fourth-order valence-electron chi connectivity index (χ4n) is 1.66. The van der Waals surface area contributed by atoms with Crippen LogP contribution in [-0.4, -0.2) is 11.1 Å². The molecule has 2 rings (SSSR count). The summed E-state index contributed by atoms with van der Waals surface area (Å²) in [5, 5.41) is 10.2. The number of aliphatic carboxylic acids is 1. The molecule has 2 nitrogen and oxygen atoms in total. The maximum Gasteiger partial charge on any atom is 0.309 e. The van der Waals surface area contributed by atoms with Crippen molar-refractivity contribution < 1.29 is 9.90 Å². The van der Waals surface area contributed by atoms with Gasteiger partial charge in [-0.1, -0.05) is 29.3 Å². The fourth-order valence-corrected chi connectivity index (χ4v) is 2.19. The summed E-state index contributed by atoms with van der Waals surface area (Å²) in [5.74, 6) is -0.751. The molecule has 1 saturated carbocycles. The summed E-state index contributed by atoms with van der Waals surface area (Å²) in [6.45, 7) is 0. The molecule has 0 aromatic heterocycles. The highest BCUT2D eigenvalue weighted by molar-refractivity contribution is 6.36. The lowest BCUT2D eigenvalue weighted by Gasteiger charge is -2.12. The maximum atomic E-state index is 11.0. The third kappa shape index (κ3) is 1.97. The standard InChI is InChI=1S/C11H10Cl2O2/c12-8-2-1-3-9(13)7(8)6-11(4-5-11)10(14)15/h1-3H,4-6H2,(H,14,15). The monoisotopic (exact) mass is 244 g/mol. The molecule has 1 aromatic carbocycles. The van der Waals surface area contributed by atoms with E-state index in [4.69, 9.17) is 28.3 Å². The number of carboxylic acids is 1. The second-order valence-electron chi connectivity index (χ2n) is 3.96. The quantitative estimate of drug-likeness (QED) is 0.885. The molecular formula is C11H10Cl2O2. The first kappa shape index (κ1) is 10.8. The molecular weight excluding hydrogens is 235 g/mol. The molecule has 15 heavy (non-hydrogen) atoms. The average Bonchev–Trinajstić information content (AvgIpc) is 2.93. The average molecular weight is 245 g/mol. The van der Waals surface area contributed by atoms with Crippen LogP contribution in [0.5, 0.6) is 0 Å². The Morgan fingerprint density at radius 3 is 2.27 bits per heavy atom. The van der Waals surface area contributed by atoms with E-state index in [0.717, 1.165) is 5.56 Å². The van der Waals surface area contributed by atoms with Crippen molar-refractivity contribution in [1.82, 2.24) is 0 Å². The fraction of sp³-hybridized carbons (Fsp3) is 0.364. The van der Waals surface area contributed by atoms with Crippen LogP contribution >= 0.6 is 23.2 Å². The zero-order chi connectivity index (χ0) is 11.1. The van der Waals surface area contributed by atoms with Gasteiger partial charge in [-0.25, -0.2) is 0 Å². The molecule has 0 saturated heterocycles. The van der Waals surface area contributed by atoms with Gasteiger partial charge in [0.05, 0.1) is 5.41 Å². The molecule has 0 radical (unpaired) electrons. The van der Waals surface area contributed by atoms with Gasteiger partial charge < -0.3 is 5.11 Å². The lowest BCUT2D eigenvalue weighted by atomic mass is 9.96. The minimum absolute atomic E-state index is 0.431. The smallest absolute Gasteiger partial charge is 0.309 e. The van der Waals surface area contributed by atoms with Gasteiger partial charge in [0.25, 0.3) is 0 Å². The molecule has 4 heteroatoms.